The van der Waals surface area contributed by atoms with Gasteiger partial charge in [-0.25, -0.2) is 0 Å². The average molecular weight is 503 g/mol. The first-order chi connectivity index (χ1) is 16.9. The van der Waals surface area contributed by atoms with Gasteiger partial charge in [0, 0.05) is 18.8 Å². The van der Waals surface area contributed by atoms with Crippen LogP contribution in [0, 0.1) is 11.8 Å². The van der Waals surface area contributed by atoms with Crippen molar-refractivity contribution in [2.75, 3.05) is 6.61 Å². The Morgan fingerprint density at radius 2 is 2.03 bits per heavy atom. The smallest absolute Gasteiger partial charge is 0.416 e. The second-order valence-corrected chi connectivity index (χ2v) is 8.95. The quantitative estimate of drug-likeness (QED) is 0.222. The van der Waals surface area contributed by atoms with Crippen LogP contribution in [-0.4, -0.2) is 52.3 Å². The van der Waals surface area contributed by atoms with Crippen LogP contribution in [-0.2, 0) is 15.7 Å². The number of unbranched alkanes of at least 4 members (excludes halogenated alkanes) is 1. The molecule has 5 atom stereocenters. The van der Waals surface area contributed by atoms with Crippen molar-refractivity contribution in [3.05, 3.63) is 54.1 Å². The summed E-state index contributed by atoms with van der Waals surface area (Å²) in [7, 11) is 0. The van der Waals surface area contributed by atoms with Crippen molar-refractivity contribution in [2.24, 2.45) is 11.8 Å². The lowest BCUT2D eigenvalue weighted by Gasteiger charge is -2.19. The van der Waals surface area contributed by atoms with E-state index in [2.05, 4.69) is 0 Å². The number of esters is 1. The highest BCUT2D eigenvalue weighted by Gasteiger charge is 2.39. The van der Waals surface area contributed by atoms with E-state index in [-0.39, 0.29) is 42.8 Å². The molecule has 1 aliphatic carbocycles. The Kier molecular flexibility index (Phi) is 10.6. The van der Waals surface area contributed by atoms with Crippen molar-refractivity contribution in [3.8, 4) is 5.75 Å². The van der Waals surface area contributed by atoms with E-state index in [0.29, 0.717) is 31.7 Å². The summed E-state index contributed by atoms with van der Waals surface area (Å²) in [6.45, 7) is 3.21. The van der Waals surface area contributed by atoms with Crippen molar-refractivity contribution in [1.29, 1.82) is 0 Å². The van der Waals surface area contributed by atoms with E-state index >= 15 is 0 Å². The molecule has 1 aromatic carbocycles. The summed E-state index contributed by atoms with van der Waals surface area (Å²) >= 11 is 0. The Bertz CT molecular complexity index is 902. The summed E-state index contributed by atoms with van der Waals surface area (Å²) in [5.74, 6) is -1.25. The number of allylic oxidation sites excluding steroid dienone is 2. The summed E-state index contributed by atoms with van der Waals surface area (Å²) in [5.41, 5.74) is -0.951. The van der Waals surface area contributed by atoms with Crippen LogP contribution in [0.1, 0.15) is 52.9 Å². The highest BCUT2D eigenvalue weighted by molar-refractivity contribution is 5.69. The highest BCUT2D eigenvalue weighted by atomic mass is 19.4. The molecule has 1 aliphatic rings. The van der Waals surface area contributed by atoms with Crippen LogP contribution in [0.25, 0.3) is 0 Å². The van der Waals surface area contributed by atoms with Crippen molar-refractivity contribution in [2.45, 2.75) is 76.5 Å². The Morgan fingerprint density at radius 1 is 1.29 bits per heavy atom. The second-order valence-electron chi connectivity index (χ2n) is 8.95. The highest BCUT2D eigenvalue weighted by Crippen LogP contribution is 2.36. The maximum Gasteiger partial charge on any atom is 0.416 e. The van der Waals surface area contributed by atoms with Gasteiger partial charge in [-0.2, -0.15) is 13.2 Å². The molecule has 35 heavy (non-hydrogen) atoms. The second kappa shape index (κ2) is 13.7. The van der Waals surface area contributed by atoms with Gasteiger partial charge in [-0.1, -0.05) is 30.4 Å². The molecule has 0 aromatic heterocycles. The fraction of sp³-hybridized carbons (Fsp3) is 0.577. The molecule has 0 heterocycles. The number of carbonyl (C=O) groups is 1. The largest absolute Gasteiger partial charge is 0.491 e. The minimum absolute atomic E-state index is 0.144. The molecule has 3 N–H and O–H groups in total. The fourth-order valence-corrected chi connectivity index (χ4v) is 3.96. The molecule has 1 aromatic rings. The molecule has 0 amide bonds. The third-order valence-electron chi connectivity index (χ3n) is 5.68. The summed E-state index contributed by atoms with van der Waals surface area (Å²) in [4.78, 5) is 11.5. The Morgan fingerprint density at radius 3 is 2.71 bits per heavy atom. The van der Waals surface area contributed by atoms with Crippen LogP contribution >= 0.6 is 0 Å². The number of alkyl halides is 3. The van der Waals surface area contributed by atoms with E-state index in [1.165, 1.54) is 6.08 Å². The molecule has 1 saturated carbocycles. The van der Waals surface area contributed by atoms with Crippen molar-refractivity contribution >= 4 is 5.97 Å². The van der Waals surface area contributed by atoms with Crippen molar-refractivity contribution < 1.29 is 44.1 Å². The number of hydrogen-bond acceptors (Lipinski definition) is 6. The van der Waals surface area contributed by atoms with E-state index in [1.54, 1.807) is 19.9 Å². The number of carbonyl (C=O) groups excluding carboxylic acids is 1. The molecular weight excluding hydrogens is 465 g/mol. The standard InChI is InChI=1S/C26H35F3O6/c1-17(2)35-25(33)11-6-4-3-5-10-21-22(24(32)15-23(21)31)13-12-19(30)16-34-20-9-7-8-18(14-20)26(27,28)29/h3,5,7-9,12-14,17,19,21-24,30-32H,4,6,10-11,15-16H2,1-2H3/b5-3-,13-12+/t19-,21-,22-,23+,24-/m1/s1/i9T. The van der Waals surface area contributed by atoms with Gasteiger partial charge < -0.3 is 24.8 Å². The number of rotatable bonds is 12. The molecule has 6 nitrogen and oxygen atoms in total. The van der Waals surface area contributed by atoms with E-state index < -0.39 is 36.0 Å². The number of aliphatic hydroxyl groups excluding tert-OH is 3. The van der Waals surface area contributed by atoms with Crippen LogP contribution in [0.5, 0.6) is 5.75 Å². The van der Waals surface area contributed by atoms with Gasteiger partial charge in [0.05, 0.1) is 25.2 Å². The lowest BCUT2D eigenvalue weighted by Crippen LogP contribution is -2.21. The average Bonchev–Trinajstić information content (AvgIpc) is 3.04. The molecule has 0 bridgehead atoms. The van der Waals surface area contributed by atoms with Crippen molar-refractivity contribution in [3.63, 3.8) is 0 Å². The maximum atomic E-state index is 12.9. The third-order valence-corrected chi connectivity index (χ3v) is 5.68. The molecule has 0 unspecified atom stereocenters. The van der Waals surface area contributed by atoms with Crippen LogP contribution in [0.15, 0.2) is 48.5 Å². The zero-order chi connectivity index (χ0) is 26.9. The molecule has 196 valence electrons. The third kappa shape index (κ3) is 10.0. The summed E-state index contributed by atoms with van der Waals surface area (Å²) < 4.78 is 56.6. The van der Waals surface area contributed by atoms with Gasteiger partial charge >= 0.3 is 12.1 Å². The zero-order valence-corrected chi connectivity index (χ0v) is 19.9. The van der Waals surface area contributed by atoms with E-state index in [0.717, 1.165) is 12.1 Å². The van der Waals surface area contributed by atoms with Gasteiger partial charge in [0.15, 0.2) is 0 Å². The first-order valence-corrected chi connectivity index (χ1v) is 11.8. The number of halogens is 3. The molecular formula is C26H35F3O6. The van der Waals surface area contributed by atoms with Crippen LogP contribution in [0.2, 0.25) is 0 Å². The van der Waals surface area contributed by atoms with Gasteiger partial charge in [0.2, 0.25) is 0 Å². The van der Waals surface area contributed by atoms with E-state index in [9.17, 15) is 33.3 Å². The number of hydrogen-bond donors (Lipinski definition) is 3. The summed E-state index contributed by atoms with van der Waals surface area (Å²) in [5, 5.41) is 30.9. The van der Waals surface area contributed by atoms with Gasteiger partial charge in [0.25, 0.3) is 0 Å². The van der Waals surface area contributed by atoms with Crippen LogP contribution < -0.4 is 4.74 Å². The summed E-state index contributed by atoms with van der Waals surface area (Å²) in [6, 6.07) is 2.24. The van der Waals surface area contributed by atoms with Gasteiger partial charge in [0.1, 0.15) is 18.5 Å². The molecule has 0 saturated heterocycles. The van der Waals surface area contributed by atoms with E-state index in [4.69, 9.17) is 10.8 Å². The first kappa shape index (κ1) is 27.2. The molecule has 9 heteroatoms. The molecule has 1 fully saturated rings. The predicted octanol–water partition coefficient (Wildman–Crippen LogP) is 4.43. The van der Waals surface area contributed by atoms with Gasteiger partial charge in [-0.3, -0.25) is 4.79 Å². The number of ether oxygens (including phenoxy) is 2. The molecule has 0 spiro atoms. The Labute approximate surface area is 205 Å². The van der Waals surface area contributed by atoms with Crippen molar-refractivity contribution in [1.82, 2.24) is 0 Å². The molecule has 0 radical (unpaired) electrons. The maximum absolute atomic E-state index is 12.9. The topological polar surface area (TPSA) is 96.2 Å². The monoisotopic (exact) mass is 502 g/mol. The lowest BCUT2D eigenvalue weighted by molar-refractivity contribution is -0.147. The van der Waals surface area contributed by atoms with Crippen LogP contribution in [0.4, 0.5) is 13.2 Å². The van der Waals surface area contributed by atoms with Crippen LogP contribution in [0.3, 0.4) is 0 Å². The number of aliphatic hydroxyl groups is 3. The molecule has 2 rings (SSSR count). The minimum Gasteiger partial charge on any atom is -0.491 e. The van der Waals surface area contributed by atoms with Gasteiger partial charge in [-0.15, -0.1) is 0 Å². The zero-order valence-electron chi connectivity index (χ0n) is 20.9. The summed E-state index contributed by atoms with van der Waals surface area (Å²) in [6.07, 6.45) is 1.62. The number of benzene rings is 1. The lowest BCUT2D eigenvalue weighted by atomic mass is 9.89. The fourth-order valence-electron chi connectivity index (χ4n) is 3.96. The van der Waals surface area contributed by atoms with E-state index in [1.807, 2.05) is 12.2 Å². The SMILES string of the molecule is [3H]c1ccc(C(F)(F)F)cc1OC[C@H](O)/C=C/[C@@H]1[C@@H](C/C=C\CCCC(=O)OC(C)C)[C@@H](O)C[C@H]1O. The predicted molar refractivity (Wildman–Crippen MR) is 125 cm³/mol. The first-order valence-electron chi connectivity index (χ1n) is 12.3. The van der Waals surface area contributed by atoms with Gasteiger partial charge in [-0.05, 0) is 57.2 Å². The Balaban J connectivity index is 1.86. The molecule has 0 aliphatic heterocycles. The minimum atomic E-state index is -4.58. The Hall–Kier alpha value is -2.36. The normalized spacial score (nSPS) is 24.3.